The maximum absolute atomic E-state index is 11.5. The number of rotatable bonds is 1. The molecular formula is C12H15NO2. The van der Waals surface area contributed by atoms with Crippen molar-refractivity contribution in [1.82, 2.24) is 0 Å². The first-order chi connectivity index (χ1) is 7.22. The first kappa shape index (κ1) is 10.2. The number of benzene rings is 1. The summed E-state index contributed by atoms with van der Waals surface area (Å²) < 4.78 is 4.76. The molecule has 15 heavy (non-hydrogen) atoms. The molecule has 1 aliphatic carbocycles. The highest BCUT2D eigenvalue weighted by atomic mass is 16.5. The Kier molecular flexibility index (Phi) is 2.73. The van der Waals surface area contributed by atoms with Gasteiger partial charge in [0.25, 0.3) is 0 Å². The number of hydrogen-bond donors (Lipinski definition) is 1. The van der Waals surface area contributed by atoms with E-state index in [2.05, 4.69) is 6.07 Å². The number of ether oxygens (including phenoxy) is 1. The van der Waals surface area contributed by atoms with Gasteiger partial charge in [0.05, 0.1) is 12.7 Å². The highest BCUT2D eigenvalue weighted by Crippen LogP contribution is 2.24. The summed E-state index contributed by atoms with van der Waals surface area (Å²) in [5.74, 6) is -0.263. The number of hydrogen-bond acceptors (Lipinski definition) is 3. The molecule has 1 atom stereocenters. The molecule has 2 N–H and O–H groups in total. The molecule has 2 rings (SSSR count). The van der Waals surface area contributed by atoms with Gasteiger partial charge in [-0.15, -0.1) is 0 Å². The van der Waals surface area contributed by atoms with Gasteiger partial charge in [-0.25, -0.2) is 4.79 Å². The summed E-state index contributed by atoms with van der Waals surface area (Å²) in [6.45, 7) is 0. The van der Waals surface area contributed by atoms with Gasteiger partial charge in [-0.3, -0.25) is 0 Å². The van der Waals surface area contributed by atoms with E-state index in [9.17, 15) is 4.79 Å². The minimum Gasteiger partial charge on any atom is -0.465 e. The van der Waals surface area contributed by atoms with E-state index in [-0.39, 0.29) is 12.0 Å². The Morgan fingerprint density at radius 1 is 1.53 bits per heavy atom. The van der Waals surface area contributed by atoms with Crippen molar-refractivity contribution in [2.45, 2.75) is 25.3 Å². The number of fused-ring (bicyclic) bond motifs is 1. The van der Waals surface area contributed by atoms with E-state index in [4.69, 9.17) is 10.5 Å². The SMILES string of the molecule is COC(=O)c1cccc2c1C[C@H](N)CC2. The van der Waals surface area contributed by atoms with E-state index in [0.29, 0.717) is 5.56 Å². The van der Waals surface area contributed by atoms with E-state index < -0.39 is 0 Å². The summed E-state index contributed by atoms with van der Waals surface area (Å²) in [6.07, 6.45) is 2.74. The Balaban J connectivity index is 2.44. The molecule has 1 aliphatic rings. The third-order valence-corrected chi connectivity index (χ3v) is 2.93. The molecular weight excluding hydrogens is 190 g/mol. The van der Waals surface area contributed by atoms with Gasteiger partial charge in [-0.1, -0.05) is 12.1 Å². The highest BCUT2D eigenvalue weighted by Gasteiger charge is 2.21. The molecule has 0 aromatic heterocycles. The van der Waals surface area contributed by atoms with Crippen LogP contribution in [0.1, 0.15) is 27.9 Å². The van der Waals surface area contributed by atoms with Crippen molar-refractivity contribution in [1.29, 1.82) is 0 Å². The van der Waals surface area contributed by atoms with E-state index in [1.54, 1.807) is 0 Å². The molecule has 0 bridgehead atoms. The Labute approximate surface area is 89.2 Å². The van der Waals surface area contributed by atoms with Gasteiger partial charge in [-0.05, 0) is 36.5 Å². The van der Waals surface area contributed by atoms with Crippen LogP contribution in [0.2, 0.25) is 0 Å². The largest absolute Gasteiger partial charge is 0.465 e. The first-order valence-electron chi connectivity index (χ1n) is 5.17. The molecule has 0 saturated carbocycles. The molecule has 3 heteroatoms. The Bertz CT molecular complexity index is 387. The second-order valence-corrected chi connectivity index (χ2v) is 3.94. The summed E-state index contributed by atoms with van der Waals surface area (Å²) in [5.41, 5.74) is 8.89. The van der Waals surface area contributed by atoms with Crippen molar-refractivity contribution in [2.24, 2.45) is 5.73 Å². The van der Waals surface area contributed by atoms with E-state index >= 15 is 0 Å². The average molecular weight is 205 g/mol. The quantitative estimate of drug-likeness (QED) is 0.703. The maximum Gasteiger partial charge on any atom is 0.338 e. The zero-order valence-electron chi connectivity index (χ0n) is 8.82. The molecule has 1 aromatic carbocycles. The van der Waals surface area contributed by atoms with Crippen LogP contribution in [0.15, 0.2) is 18.2 Å². The monoisotopic (exact) mass is 205 g/mol. The molecule has 80 valence electrons. The lowest BCUT2D eigenvalue weighted by atomic mass is 9.86. The van der Waals surface area contributed by atoms with Crippen LogP contribution < -0.4 is 5.73 Å². The highest BCUT2D eigenvalue weighted by molar-refractivity contribution is 5.91. The van der Waals surface area contributed by atoms with Crippen molar-refractivity contribution >= 4 is 5.97 Å². The number of carbonyl (C=O) groups excluding carboxylic acids is 1. The zero-order chi connectivity index (χ0) is 10.8. The first-order valence-corrected chi connectivity index (χ1v) is 5.17. The molecule has 3 nitrogen and oxygen atoms in total. The van der Waals surface area contributed by atoms with E-state index in [0.717, 1.165) is 24.8 Å². The molecule has 1 aromatic rings. The third kappa shape index (κ3) is 1.88. The van der Waals surface area contributed by atoms with Crippen LogP contribution in [-0.4, -0.2) is 19.1 Å². The molecule has 0 heterocycles. The molecule has 0 aliphatic heterocycles. The number of carbonyl (C=O) groups is 1. The van der Waals surface area contributed by atoms with Gasteiger partial charge in [-0.2, -0.15) is 0 Å². The lowest BCUT2D eigenvalue weighted by Gasteiger charge is -2.23. The van der Waals surface area contributed by atoms with E-state index in [1.165, 1.54) is 12.7 Å². The van der Waals surface area contributed by atoms with Gasteiger partial charge in [0, 0.05) is 6.04 Å². The Morgan fingerprint density at radius 2 is 2.33 bits per heavy atom. The summed E-state index contributed by atoms with van der Waals surface area (Å²) in [6, 6.07) is 5.95. The van der Waals surface area contributed by atoms with Crippen LogP contribution in [-0.2, 0) is 17.6 Å². The topological polar surface area (TPSA) is 52.3 Å². The van der Waals surface area contributed by atoms with Crippen molar-refractivity contribution in [3.63, 3.8) is 0 Å². The van der Waals surface area contributed by atoms with Crippen LogP contribution in [0, 0.1) is 0 Å². The van der Waals surface area contributed by atoms with E-state index in [1.807, 2.05) is 12.1 Å². The van der Waals surface area contributed by atoms with Crippen molar-refractivity contribution in [3.8, 4) is 0 Å². The second-order valence-electron chi connectivity index (χ2n) is 3.94. The standard InChI is InChI=1S/C12H15NO2/c1-15-12(14)10-4-2-3-8-5-6-9(13)7-11(8)10/h2-4,9H,5-7,13H2,1H3/t9-/m1/s1. The Morgan fingerprint density at radius 3 is 3.07 bits per heavy atom. The van der Waals surface area contributed by atoms with Crippen molar-refractivity contribution in [2.75, 3.05) is 7.11 Å². The normalized spacial score (nSPS) is 19.5. The average Bonchev–Trinajstić information content (AvgIpc) is 2.27. The molecule has 0 saturated heterocycles. The molecule has 0 radical (unpaired) electrons. The third-order valence-electron chi connectivity index (χ3n) is 2.93. The van der Waals surface area contributed by atoms with Crippen LogP contribution in [0.3, 0.4) is 0 Å². The number of nitrogens with two attached hydrogens (primary N) is 1. The molecule has 0 amide bonds. The van der Waals surface area contributed by atoms with Gasteiger partial charge in [0.2, 0.25) is 0 Å². The molecule has 0 fully saturated rings. The fraction of sp³-hybridized carbons (Fsp3) is 0.417. The minimum absolute atomic E-state index is 0.170. The molecule has 0 unspecified atom stereocenters. The smallest absolute Gasteiger partial charge is 0.338 e. The van der Waals surface area contributed by atoms with Crippen LogP contribution >= 0.6 is 0 Å². The van der Waals surface area contributed by atoms with Crippen molar-refractivity contribution < 1.29 is 9.53 Å². The van der Waals surface area contributed by atoms with Crippen LogP contribution in [0.5, 0.6) is 0 Å². The second kappa shape index (κ2) is 4.03. The number of methoxy groups -OCH3 is 1. The fourth-order valence-corrected chi connectivity index (χ4v) is 2.12. The summed E-state index contributed by atoms with van der Waals surface area (Å²) >= 11 is 0. The maximum atomic E-state index is 11.5. The molecule has 0 spiro atoms. The predicted octanol–water partition coefficient (Wildman–Crippen LogP) is 1.29. The van der Waals surface area contributed by atoms with Crippen molar-refractivity contribution in [3.05, 3.63) is 34.9 Å². The van der Waals surface area contributed by atoms with Crippen LogP contribution in [0.4, 0.5) is 0 Å². The zero-order valence-corrected chi connectivity index (χ0v) is 8.82. The lowest BCUT2D eigenvalue weighted by molar-refractivity contribution is 0.0599. The fourth-order valence-electron chi connectivity index (χ4n) is 2.12. The lowest BCUT2D eigenvalue weighted by Crippen LogP contribution is -2.29. The van der Waals surface area contributed by atoms with Gasteiger partial charge in [0.15, 0.2) is 0 Å². The predicted molar refractivity (Wildman–Crippen MR) is 57.8 cm³/mol. The Hall–Kier alpha value is -1.35. The number of aryl methyl sites for hydroxylation is 1. The van der Waals surface area contributed by atoms with Gasteiger partial charge in [0.1, 0.15) is 0 Å². The van der Waals surface area contributed by atoms with Gasteiger partial charge >= 0.3 is 5.97 Å². The summed E-state index contributed by atoms with van der Waals surface area (Å²) in [7, 11) is 1.41. The summed E-state index contributed by atoms with van der Waals surface area (Å²) in [5, 5.41) is 0. The van der Waals surface area contributed by atoms with Crippen LogP contribution in [0.25, 0.3) is 0 Å². The van der Waals surface area contributed by atoms with Gasteiger partial charge < -0.3 is 10.5 Å². The number of esters is 1. The summed E-state index contributed by atoms with van der Waals surface area (Å²) in [4.78, 5) is 11.5. The minimum atomic E-state index is -0.263.